The third-order valence-electron chi connectivity index (χ3n) is 4.90. The molecule has 0 bridgehead atoms. The van der Waals surface area contributed by atoms with Gasteiger partial charge in [0.2, 0.25) is 0 Å². The zero-order chi connectivity index (χ0) is 19.4. The molecule has 0 fully saturated rings. The first-order valence-electron chi connectivity index (χ1n) is 8.59. The predicted octanol–water partition coefficient (Wildman–Crippen LogP) is 2.56. The molecule has 0 atom stereocenters. The summed E-state index contributed by atoms with van der Waals surface area (Å²) in [4.78, 5) is 18.3. The van der Waals surface area contributed by atoms with E-state index in [4.69, 9.17) is 0 Å². The number of pyridine rings is 1. The zero-order valence-electron chi connectivity index (χ0n) is 14.8. The normalized spacial score (nSPS) is 13.5. The van der Waals surface area contributed by atoms with Gasteiger partial charge < -0.3 is 4.90 Å². The van der Waals surface area contributed by atoms with Gasteiger partial charge in [-0.2, -0.15) is 10.2 Å². The van der Waals surface area contributed by atoms with Crippen LogP contribution < -0.4 is 0 Å². The Kier molecular flexibility index (Phi) is 3.51. The molecule has 0 N–H and O–H groups in total. The van der Waals surface area contributed by atoms with Crippen LogP contribution in [0.5, 0.6) is 0 Å². The maximum atomic E-state index is 14.7. The summed E-state index contributed by atoms with van der Waals surface area (Å²) in [5.74, 6) is -1.73. The van der Waals surface area contributed by atoms with Crippen molar-refractivity contribution in [3.63, 3.8) is 0 Å². The number of halogens is 2. The average molecular weight is 380 g/mol. The molecule has 1 aliphatic rings. The van der Waals surface area contributed by atoms with E-state index in [0.29, 0.717) is 22.5 Å². The fraction of sp³-hybridized carbons (Fsp3) is 0.158. The molecule has 0 aliphatic carbocycles. The van der Waals surface area contributed by atoms with E-state index in [1.807, 2.05) is 0 Å². The summed E-state index contributed by atoms with van der Waals surface area (Å²) in [5, 5.41) is 8.08. The number of nitrogens with zero attached hydrogens (tertiary/aromatic N) is 6. The molecule has 0 saturated carbocycles. The van der Waals surface area contributed by atoms with Gasteiger partial charge >= 0.3 is 0 Å². The quantitative estimate of drug-likeness (QED) is 0.548. The Bertz CT molecular complexity index is 1220. The first kappa shape index (κ1) is 16.5. The van der Waals surface area contributed by atoms with E-state index < -0.39 is 11.6 Å². The Hall–Kier alpha value is -3.62. The highest BCUT2D eigenvalue weighted by Gasteiger charge is 2.32. The van der Waals surface area contributed by atoms with Crippen LogP contribution in [0.3, 0.4) is 0 Å². The summed E-state index contributed by atoms with van der Waals surface area (Å²) in [6.45, 7) is 0.0852. The van der Waals surface area contributed by atoms with Gasteiger partial charge in [-0.1, -0.05) is 6.07 Å². The van der Waals surface area contributed by atoms with Gasteiger partial charge in [-0.3, -0.25) is 9.48 Å². The molecule has 140 valence electrons. The highest BCUT2D eigenvalue weighted by Crippen LogP contribution is 2.29. The van der Waals surface area contributed by atoms with Gasteiger partial charge in [0.15, 0.2) is 5.65 Å². The van der Waals surface area contributed by atoms with Crippen LogP contribution in [0, 0.1) is 11.6 Å². The van der Waals surface area contributed by atoms with Gasteiger partial charge in [0.25, 0.3) is 5.91 Å². The number of aryl methyl sites for hydroxylation is 1. The molecular formula is C19H14F2N6O. The highest BCUT2D eigenvalue weighted by molar-refractivity contribution is 5.97. The van der Waals surface area contributed by atoms with Crippen LogP contribution in [-0.4, -0.2) is 35.2 Å². The van der Waals surface area contributed by atoms with Crippen molar-refractivity contribution >= 4 is 11.6 Å². The molecule has 0 saturated heterocycles. The third-order valence-corrected chi connectivity index (χ3v) is 4.90. The van der Waals surface area contributed by atoms with E-state index in [-0.39, 0.29) is 24.6 Å². The number of benzene rings is 1. The number of hydrogen-bond donors (Lipinski definition) is 0. The SMILES string of the molecule is Cn1cc(-c2cc(F)c(CN3Cc4ccc5ncnn5c4C3=O)c(F)c2)cn1. The largest absolute Gasteiger partial charge is 0.328 e. The standard InChI is InChI=1S/C19H14F2N6O/c1-25-7-13(6-23-25)12-4-15(20)14(16(21)5-12)9-26-8-11-2-3-17-22-10-24-27(17)18(11)19(26)28/h2-7,10H,8-9H2,1H3. The first-order chi connectivity index (χ1) is 13.5. The molecule has 4 aromatic rings. The average Bonchev–Trinajstić information content (AvgIpc) is 3.37. The van der Waals surface area contributed by atoms with Crippen LogP contribution in [-0.2, 0) is 20.1 Å². The smallest absolute Gasteiger partial charge is 0.273 e. The summed E-state index contributed by atoms with van der Waals surface area (Å²) in [6, 6.07) is 6.07. The topological polar surface area (TPSA) is 68.3 Å². The number of hydrogen-bond acceptors (Lipinski definition) is 4. The summed E-state index contributed by atoms with van der Waals surface area (Å²) < 4.78 is 32.4. The van der Waals surface area contributed by atoms with Crippen LogP contribution in [0.2, 0.25) is 0 Å². The predicted molar refractivity (Wildman–Crippen MR) is 95.1 cm³/mol. The van der Waals surface area contributed by atoms with E-state index in [1.54, 1.807) is 30.1 Å². The van der Waals surface area contributed by atoms with E-state index >= 15 is 0 Å². The Morgan fingerprint density at radius 2 is 1.89 bits per heavy atom. The molecule has 1 aliphatic heterocycles. The van der Waals surface area contributed by atoms with E-state index in [0.717, 1.165) is 5.56 Å². The van der Waals surface area contributed by atoms with Gasteiger partial charge in [0, 0.05) is 36.5 Å². The van der Waals surface area contributed by atoms with Crippen LogP contribution in [0.4, 0.5) is 8.78 Å². The van der Waals surface area contributed by atoms with Crippen molar-refractivity contribution in [2.45, 2.75) is 13.1 Å². The maximum Gasteiger partial charge on any atom is 0.273 e. The van der Waals surface area contributed by atoms with Crippen molar-refractivity contribution in [3.8, 4) is 11.1 Å². The van der Waals surface area contributed by atoms with Crippen molar-refractivity contribution in [2.75, 3.05) is 0 Å². The highest BCUT2D eigenvalue weighted by atomic mass is 19.1. The lowest BCUT2D eigenvalue weighted by Gasteiger charge is -2.17. The minimum absolute atomic E-state index is 0.149. The number of carbonyl (C=O) groups excluding carboxylic acids is 1. The molecule has 1 aromatic carbocycles. The Morgan fingerprint density at radius 1 is 1.11 bits per heavy atom. The Labute approximate surface area is 157 Å². The minimum atomic E-state index is -0.700. The molecule has 1 amide bonds. The third kappa shape index (κ3) is 2.47. The monoisotopic (exact) mass is 380 g/mol. The molecule has 4 heterocycles. The molecule has 0 unspecified atom stereocenters. The van der Waals surface area contributed by atoms with Crippen LogP contribution in [0.1, 0.15) is 21.6 Å². The van der Waals surface area contributed by atoms with Gasteiger partial charge in [0.1, 0.15) is 23.7 Å². The lowest BCUT2D eigenvalue weighted by molar-refractivity contribution is 0.0757. The van der Waals surface area contributed by atoms with Gasteiger partial charge in [-0.15, -0.1) is 0 Å². The first-order valence-corrected chi connectivity index (χ1v) is 8.59. The molecule has 0 spiro atoms. The number of amides is 1. The molecular weight excluding hydrogens is 366 g/mol. The van der Waals surface area contributed by atoms with Crippen molar-refractivity contribution in [1.82, 2.24) is 29.3 Å². The van der Waals surface area contributed by atoms with Crippen molar-refractivity contribution in [2.24, 2.45) is 7.05 Å². The number of rotatable bonds is 3. The second kappa shape index (κ2) is 5.95. The molecule has 3 aromatic heterocycles. The zero-order valence-corrected chi connectivity index (χ0v) is 14.8. The maximum absolute atomic E-state index is 14.7. The second-order valence-corrected chi connectivity index (χ2v) is 6.72. The lowest BCUT2D eigenvalue weighted by atomic mass is 10.1. The van der Waals surface area contributed by atoms with E-state index in [2.05, 4.69) is 15.2 Å². The van der Waals surface area contributed by atoms with Crippen LogP contribution in [0.25, 0.3) is 16.8 Å². The Balaban J connectivity index is 1.47. The summed E-state index contributed by atoms with van der Waals surface area (Å²) >= 11 is 0. The number of carbonyl (C=O) groups is 1. The Morgan fingerprint density at radius 3 is 2.61 bits per heavy atom. The molecule has 28 heavy (non-hydrogen) atoms. The fourth-order valence-corrected chi connectivity index (χ4v) is 3.52. The summed E-state index contributed by atoms with van der Waals surface area (Å²) in [6.07, 6.45) is 4.58. The van der Waals surface area contributed by atoms with Gasteiger partial charge in [-0.05, 0) is 23.8 Å². The van der Waals surface area contributed by atoms with E-state index in [9.17, 15) is 13.6 Å². The number of fused-ring (bicyclic) bond motifs is 3. The minimum Gasteiger partial charge on any atom is -0.328 e. The summed E-state index contributed by atoms with van der Waals surface area (Å²) in [7, 11) is 1.73. The fourth-order valence-electron chi connectivity index (χ4n) is 3.52. The van der Waals surface area contributed by atoms with Gasteiger partial charge in [0.05, 0.1) is 12.7 Å². The van der Waals surface area contributed by atoms with Crippen LogP contribution in [0.15, 0.2) is 43.0 Å². The second-order valence-electron chi connectivity index (χ2n) is 6.72. The number of aromatic nitrogens is 5. The molecule has 5 rings (SSSR count). The van der Waals surface area contributed by atoms with Gasteiger partial charge in [-0.25, -0.2) is 18.3 Å². The van der Waals surface area contributed by atoms with Crippen molar-refractivity contribution < 1.29 is 13.6 Å². The van der Waals surface area contributed by atoms with E-state index in [1.165, 1.54) is 34.1 Å². The summed E-state index contributed by atoms with van der Waals surface area (Å²) in [5.41, 5.74) is 2.53. The van der Waals surface area contributed by atoms with Crippen molar-refractivity contribution in [3.05, 3.63) is 71.4 Å². The molecule has 0 radical (unpaired) electrons. The molecule has 7 nitrogen and oxygen atoms in total. The van der Waals surface area contributed by atoms with Crippen molar-refractivity contribution in [1.29, 1.82) is 0 Å². The lowest BCUT2D eigenvalue weighted by Crippen LogP contribution is -2.25. The molecule has 9 heteroatoms. The van der Waals surface area contributed by atoms with Crippen LogP contribution >= 0.6 is 0 Å².